The van der Waals surface area contributed by atoms with E-state index < -0.39 is 16.1 Å². The summed E-state index contributed by atoms with van der Waals surface area (Å²) in [5, 5.41) is 0. The summed E-state index contributed by atoms with van der Waals surface area (Å²) in [6.07, 6.45) is 0. The SMILES string of the molecule is C[Si](C)(C)C#Cc1c2c(c(C#C[Si](C)(C)C)c(-c3ccccc3)c1-c1ccccc1)CN(Cc1ccccc1)C2. The van der Waals surface area contributed by atoms with Crippen LogP contribution in [0.2, 0.25) is 39.3 Å². The molecule has 3 heteroatoms. The highest BCUT2D eigenvalue weighted by Gasteiger charge is 2.30. The van der Waals surface area contributed by atoms with E-state index in [-0.39, 0.29) is 0 Å². The van der Waals surface area contributed by atoms with Crippen molar-refractivity contribution in [3.05, 3.63) is 119 Å². The van der Waals surface area contributed by atoms with Crippen molar-refractivity contribution in [3.63, 3.8) is 0 Å². The van der Waals surface area contributed by atoms with E-state index in [1.807, 2.05) is 0 Å². The minimum absolute atomic E-state index is 0.885. The van der Waals surface area contributed by atoms with Gasteiger partial charge in [-0.2, -0.15) is 0 Å². The van der Waals surface area contributed by atoms with Crippen molar-refractivity contribution >= 4 is 16.1 Å². The van der Waals surface area contributed by atoms with Crippen LogP contribution in [0.5, 0.6) is 0 Å². The molecule has 0 bridgehead atoms. The van der Waals surface area contributed by atoms with Crippen LogP contribution in [0.4, 0.5) is 0 Å². The molecule has 0 saturated carbocycles. The first kappa shape index (κ1) is 27.9. The summed E-state index contributed by atoms with van der Waals surface area (Å²) in [7, 11) is -3.24. The first-order valence-corrected chi connectivity index (χ1v) is 21.2. The Hall–Kier alpha value is -3.61. The predicted octanol–water partition coefficient (Wildman–Crippen LogP) is 8.99. The first-order chi connectivity index (χ1) is 19.1. The number of hydrogen-bond acceptors (Lipinski definition) is 1. The van der Waals surface area contributed by atoms with Gasteiger partial charge in [-0.25, -0.2) is 0 Å². The van der Waals surface area contributed by atoms with Gasteiger partial charge in [0, 0.05) is 41.9 Å². The fraction of sp³-hybridized carbons (Fsp3) is 0.243. The second-order valence-corrected chi connectivity index (χ2v) is 22.3. The molecule has 4 aromatic rings. The summed E-state index contributed by atoms with van der Waals surface area (Å²) in [4.78, 5) is 2.56. The zero-order valence-electron chi connectivity index (χ0n) is 24.7. The van der Waals surface area contributed by atoms with Crippen LogP contribution in [0.3, 0.4) is 0 Å². The molecule has 0 fully saturated rings. The summed E-state index contributed by atoms with van der Waals surface area (Å²) in [6.45, 7) is 16.7. The maximum absolute atomic E-state index is 3.79. The molecule has 0 radical (unpaired) electrons. The van der Waals surface area contributed by atoms with Gasteiger partial charge in [0.05, 0.1) is 0 Å². The molecular weight excluding hydrogens is 515 g/mol. The van der Waals surface area contributed by atoms with E-state index >= 15 is 0 Å². The average Bonchev–Trinajstić information content (AvgIpc) is 3.34. The third-order valence-corrected chi connectivity index (χ3v) is 8.73. The van der Waals surface area contributed by atoms with Crippen molar-refractivity contribution < 1.29 is 0 Å². The molecule has 0 N–H and O–H groups in total. The Morgan fingerprint density at radius 2 is 0.925 bits per heavy atom. The summed E-state index contributed by atoms with van der Waals surface area (Å²) >= 11 is 0. The van der Waals surface area contributed by atoms with Crippen LogP contribution in [-0.4, -0.2) is 21.0 Å². The lowest BCUT2D eigenvalue weighted by Crippen LogP contribution is -2.17. The van der Waals surface area contributed by atoms with Crippen molar-refractivity contribution in [2.75, 3.05) is 0 Å². The molecule has 1 heterocycles. The van der Waals surface area contributed by atoms with Crippen LogP contribution in [0.25, 0.3) is 22.3 Å². The monoisotopic (exact) mass is 553 g/mol. The van der Waals surface area contributed by atoms with Crippen LogP contribution >= 0.6 is 0 Å². The zero-order valence-corrected chi connectivity index (χ0v) is 26.7. The molecule has 5 rings (SSSR count). The van der Waals surface area contributed by atoms with Gasteiger partial charge in [-0.1, -0.05) is 142 Å². The molecule has 0 unspecified atom stereocenters. The molecule has 0 aromatic heterocycles. The summed E-state index contributed by atoms with van der Waals surface area (Å²) < 4.78 is 0. The summed E-state index contributed by atoms with van der Waals surface area (Å²) in [5.74, 6) is 7.58. The van der Waals surface area contributed by atoms with Crippen molar-refractivity contribution in [2.24, 2.45) is 0 Å². The summed E-state index contributed by atoms with van der Waals surface area (Å²) in [5.41, 5.74) is 18.8. The quantitative estimate of drug-likeness (QED) is 0.180. The maximum atomic E-state index is 3.79. The second-order valence-electron chi connectivity index (χ2n) is 12.8. The van der Waals surface area contributed by atoms with Gasteiger partial charge >= 0.3 is 0 Å². The normalized spacial score (nSPS) is 13.2. The van der Waals surface area contributed by atoms with Crippen molar-refractivity contribution in [2.45, 2.75) is 58.9 Å². The van der Waals surface area contributed by atoms with Crippen LogP contribution in [0, 0.1) is 22.9 Å². The molecule has 1 nitrogen and oxygen atoms in total. The van der Waals surface area contributed by atoms with Crippen LogP contribution in [0.15, 0.2) is 91.0 Å². The highest BCUT2D eigenvalue weighted by atomic mass is 28.3. The maximum Gasteiger partial charge on any atom is 0.129 e. The molecule has 1 aliphatic rings. The van der Waals surface area contributed by atoms with Gasteiger partial charge in [-0.05, 0) is 27.8 Å². The Kier molecular flexibility index (Phi) is 8.02. The highest BCUT2D eigenvalue weighted by Crippen LogP contribution is 2.44. The van der Waals surface area contributed by atoms with Gasteiger partial charge < -0.3 is 0 Å². The number of nitrogens with zero attached hydrogens (tertiary/aromatic N) is 1. The Morgan fingerprint density at radius 3 is 1.30 bits per heavy atom. The minimum atomic E-state index is -1.62. The molecule has 1 aliphatic heterocycles. The van der Waals surface area contributed by atoms with E-state index in [2.05, 4.69) is 158 Å². The fourth-order valence-corrected chi connectivity index (χ4v) is 6.22. The lowest BCUT2D eigenvalue weighted by molar-refractivity contribution is 0.275. The smallest absolute Gasteiger partial charge is 0.129 e. The average molecular weight is 554 g/mol. The molecule has 0 amide bonds. The molecule has 0 saturated heterocycles. The van der Waals surface area contributed by atoms with Crippen molar-refractivity contribution in [3.8, 4) is 45.2 Å². The van der Waals surface area contributed by atoms with E-state index in [0.29, 0.717) is 0 Å². The largest absolute Gasteiger partial charge is 0.290 e. The number of hydrogen-bond donors (Lipinski definition) is 0. The fourth-order valence-electron chi connectivity index (χ4n) is 5.22. The first-order valence-electron chi connectivity index (χ1n) is 14.2. The molecule has 4 aromatic carbocycles. The lowest BCUT2D eigenvalue weighted by atomic mass is 9.82. The van der Waals surface area contributed by atoms with Gasteiger partial charge in [-0.3, -0.25) is 4.90 Å². The molecule has 0 aliphatic carbocycles. The van der Waals surface area contributed by atoms with Gasteiger partial charge in [0.1, 0.15) is 16.1 Å². The van der Waals surface area contributed by atoms with Crippen LogP contribution in [0.1, 0.15) is 27.8 Å². The van der Waals surface area contributed by atoms with E-state index in [1.165, 1.54) is 50.1 Å². The van der Waals surface area contributed by atoms with Crippen LogP contribution < -0.4 is 0 Å². The van der Waals surface area contributed by atoms with E-state index in [9.17, 15) is 0 Å². The third kappa shape index (κ3) is 6.57. The Bertz CT molecular complexity index is 1520. The Balaban J connectivity index is 1.86. The Labute approximate surface area is 243 Å². The van der Waals surface area contributed by atoms with E-state index in [1.54, 1.807) is 0 Å². The molecule has 40 heavy (non-hydrogen) atoms. The second kappa shape index (κ2) is 11.5. The zero-order chi connectivity index (χ0) is 28.3. The number of rotatable bonds is 4. The summed E-state index contributed by atoms with van der Waals surface area (Å²) in [6, 6.07) is 32.5. The number of benzene rings is 4. The van der Waals surface area contributed by atoms with E-state index in [4.69, 9.17) is 0 Å². The predicted molar refractivity (Wildman–Crippen MR) is 177 cm³/mol. The van der Waals surface area contributed by atoms with Gasteiger partial charge in [0.25, 0.3) is 0 Å². The minimum Gasteiger partial charge on any atom is -0.290 e. The molecular formula is C37H39NSi2. The van der Waals surface area contributed by atoms with E-state index in [0.717, 1.165) is 19.6 Å². The van der Waals surface area contributed by atoms with Crippen molar-refractivity contribution in [1.29, 1.82) is 0 Å². The Morgan fingerprint density at radius 1 is 0.550 bits per heavy atom. The van der Waals surface area contributed by atoms with Gasteiger partial charge in [0.15, 0.2) is 0 Å². The topological polar surface area (TPSA) is 3.24 Å². The lowest BCUT2D eigenvalue weighted by Gasteiger charge is -2.20. The van der Waals surface area contributed by atoms with Gasteiger partial charge in [-0.15, -0.1) is 11.1 Å². The third-order valence-electron chi connectivity index (χ3n) is 6.98. The van der Waals surface area contributed by atoms with Crippen molar-refractivity contribution in [1.82, 2.24) is 4.90 Å². The standard InChI is InChI=1S/C37H39NSi2/c1-39(2,3)24-22-32-34-27-38(26-29-16-10-7-11-17-29)28-35(34)33(23-25-40(4,5)6)37(31-20-14-9-15-21-31)36(32)30-18-12-8-13-19-30/h7-21H,26-28H2,1-6H3. The molecule has 0 spiro atoms. The molecule has 200 valence electrons. The van der Waals surface area contributed by atoms with Gasteiger partial charge in [0.2, 0.25) is 0 Å². The van der Waals surface area contributed by atoms with Crippen LogP contribution in [-0.2, 0) is 19.6 Å². The molecule has 0 atom stereocenters. The number of fused-ring (bicyclic) bond motifs is 1. The highest BCUT2D eigenvalue weighted by molar-refractivity contribution is 6.84.